The molecule has 5 nitrogen and oxygen atoms in total. The topological polar surface area (TPSA) is 78.4 Å². The molecule has 1 aromatic carbocycles. The summed E-state index contributed by atoms with van der Waals surface area (Å²) in [6, 6.07) is 5.25. The van der Waals surface area contributed by atoms with E-state index < -0.39 is 5.60 Å². The molecule has 138 valence electrons. The minimum absolute atomic E-state index is 0.105. The Kier molecular flexibility index (Phi) is 6.59. The van der Waals surface area contributed by atoms with Gasteiger partial charge in [-0.05, 0) is 49.4 Å². The largest absolute Gasteiger partial charge is 0.389 e. The summed E-state index contributed by atoms with van der Waals surface area (Å²) in [6.07, 6.45) is 4.58. The predicted molar refractivity (Wildman–Crippen MR) is 99.6 cm³/mol. The van der Waals surface area contributed by atoms with Crippen molar-refractivity contribution >= 4 is 17.5 Å². The number of amides is 2. The zero-order chi connectivity index (χ0) is 18.4. The van der Waals surface area contributed by atoms with Crippen LogP contribution in [0.1, 0.15) is 68.3 Å². The summed E-state index contributed by atoms with van der Waals surface area (Å²) >= 11 is 0. The molecule has 2 amide bonds. The van der Waals surface area contributed by atoms with Gasteiger partial charge in [0.15, 0.2) is 0 Å². The Labute approximate surface area is 150 Å². The van der Waals surface area contributed by atoms with Crippen molar-refractivity contribution in [2.75, 3.05) is 11.9 Å². The first-order chi connectivity index (χ1) is 11.8. The average Bonchev–Trinajstić information content (AvgIpc) is 2.54. The maximum Gasteiger partial charge on any atom is 0.251 e. The normalized spacial score (nSPS) is 16.5. The van der Waals surface area contributed by atoms with Crippen LogP contribution in [0.15, 0.2) is 18.2 Å². The van der Waals surface area contributed by atoms with Crippen molar-refractivity contribution in [1.29, 1.82) is 0 Å². The molecule has 25 heavy (non-hydrogen) atoms. The predicted octanol–water partition coefficient (Wildman–Crippen LogP) is 3.40. The third-order valence-electron chi connectivity index (χ3n) is 4.71. The molecular formula is C20H30N2O3. The second kappa shape index (κ2) is 8.48. The molecule has 2 rings (SSSR count). The van der Waals surface area contributed by atoms with Crippen molar-refractivity contribution in [3.05, 3.63) is 29.3 Å². The van der Waals surface area contributed by atoms with E-state index in [0.717, 1.165) is 24.8 Å². The minimum Gasteiger partial charge on any atom is -0.389 e. The lowest BCUT2D eigenvalue weighted by Crippen LogP contribution is -2.36. The van der Waals surface area contributed by atoms with E-state index >= 15 is 0 Å². The molecule has 1 aliphatic carbocycles. The summed E-state index contributed by atoms with van der Waals surface area (Å²) in [5, 5.41) is 16.3. The fourth-order valence-corrected chi connectivity index (χ4v) is 3.22. The maximum atomic E-state index is 12.3. The smallest absolute Gasteiger partial charge is 0.251 e. The van der Waals surface area contributed by atoms with Crippen molar-refractivity contribution < 1.29 is 14.7 Å². The Bertz CT molecular complexity index is 619. The van der Waals surface area contributed by atoms with Gasteiger partial charge in [0, 0.05) is 17.8 Å². The van der Waals surface area contributed by atoms with Crippen molar-refractivity contribution in [1.82, 2.24) is 5.32 Å². The van der Waals surface area contributed by atoms with E-state index in [4.69, 9.17) is 0 Å². The van der Waals surface area contributed by atoms with Gasteiger partial charge in [0.05, 0.1) is 12.0 Å². The first-order valence-corrected chi connectivity index (χ1v) is 9.20. The maximum absolute atomic E-state index is 12.3. The van der Waals surface area contributed by atoms with Crippen LogP contribution in [0.2, 0.25) is 0 Å². The SMILES string of the molecule is Cc1cc(C(=O)NCC(C)C)ccc1NC(=O)CC1(O)CCCCC1. The highest BCUT2D eigenvalue weighted by molar-refractivity contribution is 5.96. The lowest BCUT2D eigenvalue weighted by atomic mass is 9.82. The van der Waals surface area contributed by atoms with Crippen LogP contribution in [0.5, 0.6) is 0 Å². The van der Waals surface area contributed by atoms with Crippen LogP contribution in [-0.2, 0) is 4.79 Å². The van der Waals surface area contributed by atoms with Gasteiger partial charge in [-0.2, -0.15) is 0 Å². The lowest BCUT2D eigenvalue weighted by molar-refractivity contribution is -0.122. The number of aryl methyl sites for hydroxylation is 1. The van der Waals surface area contributed by atoms with Gasteiger partial charge < -0.3 is 15.7 Å². The molecule has 1 fully saturated rings. The first kappa shape index (κ1) is 19.4. The zero-order valence-electron chi connectivity index (χ0n) is 15.5. The Morgan fingerprint density at radius 3 is 2.48 bits per heavy atom. The Balaban J connectivity index is 1.96. The number of aliphatic hydroxyl groups is 1. The third-order valence-corrected chi connectivity index (χ3v) is 4.71. The monoisotopic (exact) mass is 346 g/mol. The Morgan fingerprint density at radius 2 is 1.88 bits per heavy atom. The molecule has 1 aromatic rings. The molecule has 0 bridgehead atoms. The quantitative estimate of drug-likeness (QED) is 0.738. The highest BCUT2D eigenvalue weighted by Gasteiger charge is 2.31. The van der Waals surface area contributed by atoms with Crippen LogP contribution in [0, 0.1) is 12.8 Å². The summed E-state index contributed by atoms with van der Waals surface area (Å²) in [7, 11) is 0. The summed E-state index contributed by atoms with van der Waals surface area (Å²) < 4.78 is 0. The summed E-state index contributed by atoms with van der Waals surface area (Å²) in [6.45, 7) is 6.59. The van der Waals surface area contributed by atoms with Gasteiger partial charge in [-0.1, -0.05) is 33.1 Å². The van der Waals surface area contributed by atoms with Crippen LogP contribution in [0.25, 0.3) is 0 Å². The second-order valence-electron chi connectivity index (χ2n) is 7.64. The number of anilines is 1. The fraction of sp³-hybridized carbons (Fsp3) is 0.600. The zero-order valence-corrected chi connectivity index (χ0v) is 15.5. The molecule has 0 aromatic heterocycles. The minimum atomic E-state index is -0.868. The number of hydrogen-bond acceptors (Lipinski definition) is 3. The molecule has 0 heterocycles. The van der Waals surface area contributed by atoms with Gasteiger partial charge in [-0.25, -0.2) is 0 Å². The molecule has 3 N–H and O–H groups in total. The molecule has 1 saturated carbocycles. The number of benzene rings is 1. The summed E-state index contributed by atoms with van der Waals surface area (Å²) in [4.78, 5) is 24.4. The highest BCUT2D eigenvalue weighted by Crippen LogP contribution is 2.31. The second-order valence-corrected chi connectivity index (χ2v) is 7.64. The molecule has 0 unspecified atom stereocenters. The number of hydrogen-bond donors (Lipinski definition) is 3. The van der Waals surface area contributed by atoms with Crippen molar-refractivity contribution in [3.63, 3.8) is 0 Å². The molecule has 0 saturated heterocycles. The van der Waals surface area contributed by atoms with E-state index in [-0.39, 0.29) is 18.2 Å². The fourth-order valence-electron chi connectivity index (χ4n) is 3.22. The Hall–Kier alpha value is -1.88. The van der Waals surface area contributed by atoms with Gasteiger partial charge in [0.2, 0.25) is 5.91 Å². The molecule has 0 atom stereocenters. The van der Waals surface area contributed by atoms with Gasteiger partial charge in [-0.15, -0.1) is 0 Å². The van der Waals surface area contributed by atoms with Crippen molar-refractivity contribution in [3.8, 4) is 0 Å². The van der Waals surface area contributed by atoms with Gasteiger partial charge in [0.1, 0.15) is 0 Å². The van der Waals surface area contributed by atoms with E-state index in [1.165, 1.54) is 0 Å². The van der Waals surface area contributed by atoms with Crippen molar-refractivity contribution in [2.24, 2.45) is 5.92 Å². The van der Waals surface area contributed by atoms with E-state index in [1.54, 1.807) is 18.2 Å². The van der Waals surface area contributed by atoms with Gasteiger partial charge in [0.25, 0.3) is 5.91 Å². The van der Waals surface area contributed by atoms with Gasteiger partial charge in [-0.3, -0.25) is 9.59 Å². The molecule has 0 spiro atoms. The number of carbonyl (C=O) groups is 2. The average molecular weight is 346 g/mol. The molecule has 5 heteroatoms. The Morgan fingerprint density at radius 1 is 1.20 bits per heavy atom. The summed E-state index contributed by atoms with van der Waals surface area (Å²) in [5.41, 5.74) is 1.24. The first-order valence-electron chi connectivity index (χ1n) is 9.20. The summed E-state index contributed by atoms with van der Waals surface area (Å²) in [5.74, 6) is 0.116. The van der Waals surface area contributed by atoms with E-state index in [1.807, 2.05) is 20.8 Å². The molecule has 0 aliphatic heterocycles. The van der Waals surface area contributed by atoms with Crippen LogP contribution >= 0.6 is 0 Å². The standard InChI is InChI=1S/C20H30N2O3/c1-14(2)13-21-19(24)16-7-8-17(15(3)11-16)22-18(23)12-20(25)9-5-4-6-10-20/h7-8,11,14,25H,4-6,9-10,12-13H2,1-3H3,(H,21,24)(H,22,23). The lowest BCUT2D eigenvalue weighted by Gasteiger charge is -2.31. The van der Waals surface area contributed by atoms with E-state index in [2.05, 4.69) is 10.6 Å². The van der Waals surface area contributed by atoms with Crippen LogP contribution < -0.4 is 10.6 Å². The molecular weight excluding hydrogens is 316 g/mol. The number of carbonyl (C=O) groups excluding carboxylic acids is 2. The third kappa shape index (κ3) is 5.85. The molecule has 0 radical (unpaired) electrons. The van der Waals surface area contributed by atoms with E-state index in [9.17, 15) is 14.7 Å². The van der Waals surface area contributed by atoms with Crippen LogP contribution in [-0.4, -0.2) is 29.1 Å². The van der Waals surface area contributed by atoms with Crippen LogP contribution in [0.4, 0.5) is 5.69 Å². The van der Waals surface area contributed by atoms with E-state index in [0.29, 0.717) is 36.6 Å². The van der Waals surface area contributed by atoms with Crippen molar-refractivity contribution in [2.45, 2.75) is 64.9 Å². The van der Waals surface area contributed by atoms with Gasteiger partial charge >= 0.3 is 0 Å². The highest BCUT2D eigenvalue weighted by atomic mass is 16.3. The number of rotatable bonds is 6. The number of nitrogens with one attached hydrogen (secondary N) is 2. The van der Waals surface area contributed by atoms with Crippen LogP contribution in [0.3, 0.4) is 0 Å². The molecule has 1 aliphatic rings.